The zero-order valence-electron chi connectivity index (χ0n) is 10.9. The van der Waals surface area contributed by atoms with Gasteiger partial charge in [-0.25, -0.2) is 0 Å². The van der Waals surface area contributed by atoms with Crippen molar-refractivity contribution in [2.24, 2.45) is 0 Å². The fraction of sp³-hybridized carbons (Fsp3) is 0.400. The molecule has 3 heteroatoms. The normalized spacial score (nSPS) is 10.9. The van der Waals surface area contributed by atoms with E-state index in [1.807, 2.05) is 24.2 Å². The van der Waals surface area contributed by atoms with Gasteiger partial charge in [0.05, 0.1) is 0 Å². The molecule has 1 N–H and O–H groups in total. The van der Waals surface area contributed by atoms with E-state index in [1.165, 1.54) is 34.3 Å². The molecule has 0 aliphatic heterocycles. The predicted octanol–water partition coefficient (Wildman–Crippen LogP) is 3.47. The number of aromatic nitrogens is 1. The van der Waals surface area contributed by atoms with Crippen LogP contribution >= 0.6 is 11.8 Å². The van der Waals surface area contributed by atoms with E-state index in [1.54, 1.807) is 0 Å². The molecule has 1 aromatic heterocycles. The highest BCUT2D eigenvalue weighted by molar-refractivity contribution is 7.99. The number of nitrogens with zero attached hydrogens (tertiary/aromatic N) is 1. The van der Waals surface area contributed by atoms with E-state index in [-0.39, 0.29) is 0 Å². The predicted molar refractivity (Wildman–Crippen MR) is 81.1 cm³/mol. The third-order valence-corrected chi connectivity index (χ3v) is 3.92. The number of benzene rings is 1. The van der Waals surface area contributed by atoms with Crippen molar-refractivity contribution in [2.75, 3.05) is 18.1 Å². The second-order valence-electron chi connectivity index (χ2n) is 4.24. The highest BCUT2D eigenvalue weighted by atomic mass is 32.2. The summed E-state index contributed by atoms with van der Waals surface area (Å²) in [6, 6.07) is 8.51. The molecule has 18 heavy (non-hydrogen) atoms. The first-order valence-electron chi connectivity index (χ1n) is 6.52. The highest BCUT2D eigenvalue weighted by Crippen LogP contribution is 2.17. The summed E-state index contributed by atoms with van der Waals surface area (Å²) in [7, 11) is 0. The van der Waals surface area contributed by atoms with E-state index in [4.69, 9.17) is 0 Å². The second-order valence-corrected chi connectivity index (χ2v) is 5.64. The minimum Gasteiger partial charge on any atom is -0.313 e. The Bertz CT molecular complexity index is 479. The molecule has 2 rings (SSSR count). The van der Waals surface area contributed by atoms with Gasteiger partial charge in [0, 0.05) is 24.3 Å². The molecule has 1 aromatic carbocycles. The fourth-order valence-corrected chi connectivity index (χ4v) is 2.65. The van der Waals surface area contributed by atoms with Crippen LogP contribution in [0.1, 0.15) is 18.9 Å². The summed E-state index contributed by atoms with van der Waals surface area (Å²) in [5, 5.41) is 6.05. The summed E-state index contributed by atoms with van der Waals surface area (Å²) in [5.41, 5.74) is 1.36. The van der Waals surface area contributed by atoms with Gasteiger partial charge in [0.25, 0.3) is 0 Å². The first-order valence-corrected chi connectivity index (χ1v) is 7.67. The lowest BCUT2D eigenvalue weighted by molar-refractivity contribution is 0.681. The van der Waals surface area contributed by atoms with Gasteiger partial charge in [-0.15, -0.1) is 0 Å². The summed E-state index contributed by atoms with van der Waals surface area (Å²) in [6.45, 7) is 4.24. The third-order valence-electron chi connectivity index (χ3n) is 2.93. The summed E-state index contributed by atoms with van der Waals surface area (Å²) < 4.78 is 0. The van der Waals surface area contributed by atoms with Crippen molar-refractivity contribution in [1.82, 2.24) is 10.3 Å². The van der Waals surface area contributed by atoms with Crippen LogP contribution in [0.15, 0.2) is 36.7 Å². The van der Waals surface area contributed by atoms with Gasteiger partial charge in [-0.05, 0) is 41.5 Å². The number of fused-ring (bicyclic) bond motifs is 1. The molecule has 0 aliphatic carbocycles. The molecule has 2 nitrogen and oxygen atoms in total. The maximum atomic E-state index is 4.16. The van der Waals surface area contributed by atoms with Crippen molar-refractivity contribution >= 4 is 22.5 Å². The molecule has 0 aliphatic rings. The lowest BCUT2D eigenvalue weighted by Crippen LogP contribution is -2.15. The molecule has 0 radical (unpaired) electrons. The Morgan fingerprint density at radius 2 is 2.22 bits per heavy atom. The number of nitrogens with one attached hydrogen (secondary N) is 1. The Morgan fingerprint density at radius 1 is 1.28 bits per heavy atom. The Balaban J connectivity index is 1.88. The van der Waals surface area contributed by atoms with Crippen molar-refractivity contribution in [3.05, 3.63) is 42.2 Å². The van der Waals surface area contributed by atoms with Gasteiger partial charge in [-0.1, -0.05) is 25.1 Å². The quantitative estimate of drug-likeness (QED) is 0.772. The van der Waals surface area contributed by atoms with Crippen molar-refractivity contribution in [3.63, 3.8) is 0 Å². The molecule has 1 heterocycles. The van der Waals surface area contributed by atoms with Gasteiger partial charge in [0.1, 0.15) is 0 Å². The number of thioether (sulfide) groups is 1. The van der Waals surface area contributed by atoms with Crippen LogP contribution in [0.3, 0.4) is 0 Å². The summed E-state index contributed by atoms with van der Waals surface area (Å²) in [6.07, 6.45) is 5.03. The lowest BCUT2D eigenvalue weighted by Gasteiger charge is -2.07. The third kappa shape index (κ3) is 3.72. The zero-order valence-corrected chi connectivity index (χ0v) is 11.7. The maximum Gasteiger partial charge on any atom is 0.0346 e. The van der Waals surface area contributed by atoms with Crippen LogP contribution in [-0.2, 0) is 6.54 Å². The van der Waals surface area contributed by atoms with Crippen LogP contribution in [0, 0.1) is 0 Å². The van der Waals surface area contributed by atoms with Gasteiger partial charge >= 0.3 is 0 Å². The molecule has 0 unspecified atom stereocenters. The number of hydrogen-bond acceptors (Lipinski definition) is 3. The molecule has 0 spiro atoms. The molecule has 96 valence electrons. The van der Waals surface area contributed by atoms with Crippen LogP contribution < -0.4 is 5.32 Å². The van der Waals surface area contributed by atoms with E-state index in [2.05, 4.69) is 41.5 Å². The first-order chi connectivity index (χ1) is 8.92. The zero-order chi connectivity index (χ0) is 12.6. The largest absolute Gasteiger partial charge is 0.313 e. The SMILES string of the molecule is CCSCCCNCc1cccc2cnccc12. The van der Waals surface area contributed by atoms with Crippen LogP contribution in [0.4, 0.5) is 0 Å². The van der Waals surface area contributed by atoms with E-state index in [9.17, 15) is 0 Å². The number of hydrogen-bond donors (Lipinski definition) is 1. The van der Waals surface area contributed by atoms with Crippen LogP contribution in [0.25, 0.3) is 10.8 Å². The summed E-state index contributed by atoms with van der Waals surface area (Å²) in [4.78, 5) is 4.16. The van der Waals surface area contributed by atoms with Gasteiger partial charge in [0.2, 0.25) is 0 Å². The Kier molecular flexibility index (Phi) is 5.49. The molecule has 0 saturated carbocycles. The second kappa shape index (κ2) is 7.39. The van der Waals surface area contributed by atoms with Crippen molar-refractivity contribution in [2.45, 2.75) is 19.9 Å². The maximum absolute atomic E-state index is 4.16. The minimum atomic E-state index is 0.943. The van der Waals surface area contributed by atoms with Crippen LogP contribution in [-0.4, -0.2) is 23.0 Å². The van der Waals surface area contributed by atoms with Gasteiger partial charge in [0.15, 0.2) is 0 Å². The van der Waals surface area contributed by atoms with Gasteiger partial charge < -0.3 is 5.32 Å². The lowest BCUT2D eigenvalue weighted by atomic mass is 10.1. The minimum absolute atomic E-state index is 0.943. The first kappa shape index (κ1) is 13.4. The number of rotatable bonds is 7. The van der Waals surface area contributed by atoms with Crippen LogP contribution in [0.2, 0.25) is 0 Å². The monoisotopic (exact) mass is 260 g/mol. The summed E-state index contributed by atoms with van der Waals surface area (Å²) >= 11 is 2.01. The smallest absolute Gasteiger partial charge is 0.0346 e. The Hall–Kier alpha value is -1.06. The Morgan fingerprint density at radius 3 is 3.11 bits per heavy atom. The fourth-order valence-electron chi connectivity index (χ4n) is 2.01. The summed E-state index contributed by atoms with van der Waals surface area (Å²) in [5.74, 6) is 2.47. The van der Waals surface area contributed by atoms with Crippen molar-refractivity contribution < 1.29 is 0 Å². The molecule has 0 saturated heterocycles. The molecule has 0 amide bonds. The standard InChI is InChI=1S/C15H20N2S/c1-2-18-10-4-8-16-11-13-5-3-6-14-12-17-9-7-15(13)14/h3,5-7,9,12,16H,2,4,8,10-11H2,1H3. The number of pyridine rings is 1. The highest BCUT2D eigenvalue weighted by Gasteiger charge is 1.99. The molecule has 0 atom stereocenters. The van der Waals surface area contributed by atoms with E-state index >= 15 is 0 Å². The van der Waals surface area contributed by atoms with E-state index in [0.717, 1.165) is 13.1 Å². The van der Waals surface area contributed by atoms with Gasteiger partial charge in [-0.3, -0.25) is 4.98 Å². The average Bonchev–Trinajstić information content (AvgIpc) is 2.43. The molecular weight excluding hydrogens is 240 g/mol. The molecular formula is C15H20N2S. The molecule has 2 aromatic rings. The molecule has 0 fully saturated rings. The Labute approximate surface area is 113 Å². The topological polar surface area (TPSA) is 24.9 Å². The van der Waals surface area contributed by atoms with Crippen LogP contribution in [0.5, 0.6) is 0 Å². The van der Waals surface area contributed by atoms with Gasteiger partial charge in [-0.2, -0.15) is 11.8 Å². The van der Waals surface area contributed by atoms with Crippen molar-refractivity contribution in [3.8, 4) is 0 Å². The van der Waals surface area contributed by atoms with E-state index < -0.39 is 0 Å². The van der Waals surface area contributed by atoms with E-state index in [0.29, 0.717) is 0 Å². The average molecular weight is 260 g/mol. The van der Waals surface area contributed by atoms with Crippen molar-refractivity contribution in [1.29, 1.82) is 0 Å². The molecule has 0 bridgehead atoms.